The van der Waals surface area contributed by atoms with Gasteiger partial charge < -0.3 is 51.5 Å². The predicted molar refractivity (Wildman–Crippen MR) is 291 cm³/mol. The van der Waals surface area contributed by atoms with Crippen molar-refractivity contribution in [2.75, 3.05) is 62.5 Å². The number of hydrogen-bond acceptors (Lipinski definition) is 10. The third-order valence-electron chi connectivity index (χ3n) is 13.6. The van der Waals surface area contributed by atoms with Crippen LogP contribution >= 0.6 is 0 Å². The summed E-state index contributed by atoms with van der Waals surface area (Å²) in [6.07, 6.45) is 4.34. The molecule has 0 fully saturated rings. The Morgan fingerprint density at radius 3 is 1.70 bits per heavy atom. The molecule has 0 spiro atoms. The zero-order valence-electron chi connectivity index (χ0n) is 43.7. The molecule has 6 aromatic rings. The molecule has 0 radical (unpaired) electrons. The van der Waals surface area contributed by atoms with Crippen LogP contribution in [0.25, 0.3) is 0 Å². The highest BCUT2D eigenvalue weighted by molar-refractivity contribution is 6.07. The molecule has 0 bridgehead atoms. The van der Waals surface area contributed by atoms with Gasteiger partial charge in [-0.2, -0.15) is 10.2 Å². The first-order valence-corrected chi connectivity index (χ1v) is 24.8. The average Bonchev–Trinajstić information content (AvgIpc) is 4.18. The summed E-state index contributed by atoms with van der Waals surface area (Å²) in [6, 6.07) is 31.0. The van der Waals surface area contributed by atoms with Crippen LogP contribution in [0.5, 0.6) is 0 Å². The lowest BCUT2D eigenvalue weighted by atomic mass is 9.93. The zero-order valence-corrected chi connectivity index (χ0v) is 43.7. The summed E-state index contributed by atoms with van der Waals surface area (Å²) in [6.45, 7) is 10.6. The van der Waals surface area contributed by atoms with E-state index in [9.17, 15) is 28.8 Å². The average molecular weight is 1030 g/mol. The molecule has 2 aliphatic rings. The van der Waals surface area contributed by atoms with E-state index >= 15 is 0 Å². The Morgan fingerprint density at radius 2 is 1.13 bits per heavy atom. The third kappa shape index (κ3) is 11.9. The van der Waals surface area contributed by atoms with Crippen LogP contribution in [0.3, 0.4) is 0 Å². The second kappa shape index (κ2) is 22.7. The molecule has 3 atom stereocenters. The number of urea groups is 2. The highest BCUT2D eigenvalue weighted by Gasteiger charge is 2.47. The van der Waals surface area contributed by atoms with Gasteiger partial charge in [-0.05, 0) is 121 Å². The predicted octanol–water partition coefficient (Wildman–Crippen LogP) is 7.45. The lowest BCUT2D eigenvalue weighted by Gasteiger charge is -2.36. The number of benzene rings is 4. The van der Waals surface area contributed by atoms with Crippen molar-refractivity contribution in [3.8, 4) is 0 Å². The van der Waals surface area contributed by atoms with E-state index in [1.54, 1.807) is 64.4 Å². The molecule has 1 unspecified atom stereocenters. The molecular weight excluding hydrogens is 965 g/mol. The van der Waals surface area contributed by atoms with Gasteiger partial charge in [0.05, 0.1) is 47.6 Å². The number of carbonyl (C=O) groups is 6. The van der Waals surface area contributed by atoms with Crippen LogP contribution in [0.4, 0.5) is 32.6 Å². The maximum atomic E-state index is 14.5. The summed E-state index contributed by atoms with van der Waals surface area (Å²) in [7, 11) is 7.77. The van der Waals surface area contributed by atoms with Gasteiger partial charge in [-0.1, -0.05) is 79.4 Å². The van der Waals surface area contributed by atoms with Crippen LogP contribution < -0.4 is 31.9 Å². The van der Waals surface area contributed by atoms with Crippen molar-refractivity contribution in [2.45, 2.75) is 63.4 Å². The maximum absolute atomic E-state index is 14.5. The third-order valence-corrected chi connectivity index (χ3v) is 13.6. The summed E-state index contributed by atoms with van der Waals surface area (Å²) in [5, 5.41) is 32.7. The van der Waals surface area contributed by atoms with Gasteiger partial charge >= 0.3 is 12.1 Å². The molecule has 76 heavy (non-hydrogen) atoms. The van der Waals surface area contributed by atoms with Crippen LogP contribution in [-0.2, 0) is 33.8 Å². The molecule has 20 nitrogen and oxygen atoms in total. The number of aromatic nitrogens is 4. The van der Waals surface area contributed by atoms with Gasteiger partial charge in [0.25, 0.3) is 11.8 Å². The molecule has 8 rings (SSSR count). The molecule has 8 amide bonds. The molecular formula is C56H64N14O6. The second-order valence-electron chi connectivity index (χ2n) is 20.1. The Hall–Kier alpha value is -8.88. The fourth-order valence-corrected chi connectivity index (χ4v) is 9.59. The van der Waals surface area contributed by atoms with Crippen molar-refractivity contribution in [1.29, 1.82) is 0 Å². The minimum Gasteiger partial charge on any atom is -0.330 e. The molecule has 8 N–H and O–H groups in total. The lowest BCUT2D eigenvalue weighted by molar-refractivity contribution is -0.112. The molecule has 0 saturated heterocycles. The largest absolute Gasteiger partial charge is 0.330 e. The molecule has 0 saturated carbocycles. The number of fused-ring (bicyclic) bond motifs is 2. The number of hydrogen-bond donors (Lipinski definition) is 8. The SMILES string of the molecule is C=CC(=O)Nc1ccc(C(=O)Nc2n[nH]c3c2CN(C(=O)N[C@H](CN(C)C)c2ccccc2)C3(C)C/C=C/C(=O)Nc2cccc(C(=O)Nc3n[nH]c4c3CN(C(=O)N[C@H](CN(C)C)c3ccccc3)C4(C)C)c2)cc1. The molecule has 0 aliphatic carbocycles. The van der Waals surface area contributed by atoms with E-state index in [4.69, 9.17) is 0 Å². The van der Waals surface area contributed by atoms with Crippen LogP contribution in [0.1, 0.15) is 93.6 Å². The Labute approximate surface area is 441 Å². The number of rotatable bonds is 18. The van der Waals surface area contributed by atoms with E-state index in [-0.39, 0.29) is 60.9 Å². The molecule has 4 heterocycles. The van der Waals surface area contributed by atoms with Crippen molar-refractivity contribution >= 4 is 58.7 Å². The van der Waals surface area contributed by atoms with Gasteiger partial charge in [0.15, 0.2) is 11.6 Å². The lowest BCUT2D eigenvalue weighted by Crippen LogP contribution is -2.49. The van der Waals surface area contributed by atoms with Crippen molar-refractivity contribution < 1.29 is 28.8 Å². The van der Waals surface area contributed by atoms with E-state index < -0.39 is 28.8 Å². The summed E-state index contributed by atoms with van der Waals surface area (Å²) in [5.74, 6) is -1.26. The van der Waals surface area contributed by atoms with Gasteiger partial charge in [0, 0.05) is 46.7 Å². The van der Waals surface area contributed by atoms with Gasteiger partial charge in [-0.15, -0.1) is 0 Å². The fourth-order valence-electron chi connectivity index (χ4n) is 9.59. The molecule has 394 valence electrons. The van der Waals surface area contributed by atoms with Crippen LogP contribution in [0.2, 0.25) is 0 Å². The Morgan fingerprint density at radius 1 is 0.618 bits per heavy atom. The highest BCUT2D eigenvalue weighted by atomic mass is 16.2. The summed E-state index contributed by atoms with van der Waals surface area (Å²) < 4.78 is 0. The quantitative estimate of drug-likeness (QED) is 0.0395. The molecule has 4 aromatic carbocycles. The van der Waals surface area contributed by atoms with Crippen molar-refractivity contribution in [3.63, 3.8) is 0 Å². The van der Waals surface area contributed by atoms with E-state index in [0.29, 0.717) is 58.4 Å². The van der Waals surface area contributed by atoms with Gasteiger partial charge in [-0.3, -0.25) is 29.4 Å². The van der Waals surface area contributed by atoms with Crippen molar-refractivity contribution in [1.82, 2.24) is 50.6 Å². The molecule has 2 aromatic heterocycles. The van der Waals surface area contributed by atoms with Crippen molar-refractivity contribution in [2.24, 2.45) is 0 Å². The van der Waals surface area contributed by atoms with Crippen LogP contribution in [-0.4, -0.2) is 117 Å². The Bertz CT molecular complexity index is 3150. The maximum Gasteiger partial charge on any atom is 0.319 e. The number of aromatic amines is 2. The van der Waals surface area contributed by atoms with E-state index in [1.165, 1.54) is 6.08 Å². The van der Waals surface area contributed by atoms with Crippen LogP contribution in [0.15, 0.2) is 134 Å². The zero-order chi connectivity index (χ0) is 54.3. The molecule has 20 heteroatoms. The normalized spacial score (nSPS) is 16.2. The van der Waals surface area contributed by atoms with Gasteiger partial charge in [0.1, 0.15) is 0 Å². The number of nitrogens with one attached hydrogen (secondary N) is 8. The number of anilines is 4. The van der Waals surface area contributed by atoms with Gasteiger partial charge in [-0.25, -0.2) is 9.59 Å². The summed E-state index contributed by atoms with van der Waals surface area (Å²) in [4.78, 5) is 88.5. The minimum atomic E-state index is -1.08. The van der Waals surface area contributed by atoms with E-state index in [1.807, 2.05) is 119 Å². The first-order valence-electron chi connectivity index (χ1n) is 24.8. The summed E-state index contributed by atoms with van der Waals surface area (Å²) in [5.41, 5.74) is 4.04. The number of likely N-dealkylation sites (N-methyl/N-ethyl adjacent to an activating group) is 2. The fraction of sp³-hybridized carbons (Fsp3) is 0.286. The first kappa shape index (κ1) is 53.4. The van der Waals surface area contributed by atoms with Crippen LogP contribution in [0, 0.1) is 0 Å². The van der Waals surface area contributed by atoms with E-state index in [0.717, 1.165) is 17.2 Å². The standard InChI is InChI=1S/C56H64N14O6/c1-9-45(71)57-39-27-25-37(26-28-39)51(73)61-50-42-32-70(54(76)60-44(34-68(7)8)36-20-14-11-15-21-36)56(4,48(42)64-66-50)29-17-24-46(72)58-40-23-16-22-38(30-40)52(74)62-49-41-31-69(55(2,3)47(41)63-65-49)53(75)59-43(33-67(5)6)35-18-12-10-13-19-35/h9-28,30,43-44H,1,29,31-34H2,2-8H3,(H,57,71)(H,58,72)(H,59,75)(H,60,76)(H2,61,64,66,73)(H2,62,63,65,74)/b24-17+/t43-,44-,56?/m1/s1. The summed E-state index contributed by atoms with van der Waals surface area (Å²) >= 11 is 0. The highest BCUT2D eigenvalue weighted by Crippen LogP contribution is 2.44. The minimum absolute atomic E-state index is 0.0767. The van der Waals surface area contributed by atoms with Crippen molar-refractivity contribution in [3.05, 3.63) is 179 Å². The number of carbonyl (C=O) groups excluding carboxylic acids is 6. The smallest absolute Gasteiger partial charge is 0.319 e. The topological polar surface area (TPSA) is 245 Å². The number of H-pyrrole nitrogens is 2. The monoisotopic (exact) mass is 1030 g/mol. The second-order valence-corrected chi connectivity index (χ2v) is 20.1. The van der Waals surface area contributed by atoms with E-state index in [2.05, 4.69) is 58.9 Å². The Kier molecular flexibility index (Phi) is 16.0. The first-order chi connectivity index (χ1) is 36.3. The number of amides is 8. The Balaban J connectivity index is 0.949. The number of nitrogens with zero attached hydrogens (tertiary/aromatic N) is 6. The van der Waals surface area contributed by atoms with Gasteiger partial charge in [0.2, 0.25) is 11.8 Å². The molecule has 2 aliphatic heterocycles.